The molecule has 1 atom stereocenters. The third-order valence-corrected chi connectivity index (χ3v) is 3.13. The molecule has 0 spiro atoms. The molecule has 1 unspecified atom stereocenters. The van der Waals surface area contributed by atoms with E-state index >= 15 is 0 Å². The molecule has 1 rings (SSSR count). The van der Waals surface area contributed by atoms with Crippen LogP contribution in [0.4, 0.5) is 5.69 Å². The van der Waals surface area contributed by atoms with Gasteiger partial charge in [-0.25, -0.2) is 0 Å². The maximum Gasteiger partial charge on any atom is 0.267 e. The first kappa shape index (κ1) is 15.0. The molecule has 0 aliphatic heterocycles. The molecular formula is C10H14ClNO5S. The minimum Gasteiger partial charge on any atom is -0.495 e. The summed E-state index contributed by atoms with van der Waals surface area (Å²) in [4.78, 5) is 0. The summed E-state index contributed by atoms with van der Waals surface area (Å²) in [7, 11) is -2.72. The van der Waals surface area contributed by atoms with Crippen molar-refractivity contribution in [1.82, 2.24) is 0 Å². The van der Waals surface area contributed by atoms with E-state index < -0.39 is 22.0 Å². The molecule has 0 aliphatic rings. The van der Waals surface area contributed by atoms with Gasteiger partial charge in [0.15, 0.2) is 0 Å². The molecule has 0 aliphatic carbocycles. The highest BCUT2D eigenvalue weighted by atomic mass is 35.5. The fraction of sp³-hybridized carbons (Fsp3) is 0.400. The summed E-state index contributed by atoms with van der Waals surface area (Å²) in [5.41, 5.74) is 0.527. The van der Waals surface area contributed by atoms with E-state index in [1.165, 1.54) is 7.11 Å². The summed E-state index contributed by atoms with van der Waals surface area (Å²) in [5, 5.41) is 12.7. The second-order valence-corrected chi connectivity index (χ2v) is 5.56. The van der Waals surface area contributed by atoms with Crippen molar-refractivity contribution in [1.29, 1.82) is 0 Å². The molecule has 8 heteroatoms. The Labute approximate surface area is 110 Å². The lowest BCUT2D eigenvalue weighted by Crippen LogP contribution is -2.27. The van der Waals surface area contributed by atoms with Gasteiger partial charge >= 0.3 is 0 Å². The van der Waals surface area contributed by atoms with E-state index in [2.05, 4.69) is 5.32 Å². The summed E-state index contributed by atoms with van der Waals surface area (Å²) in [6, 6.07) is 4.86. The molecule has 0 fully saturated rings. The van der Waals surface area contributed by atoms with Gasteiger partial charge in [0.2, 0.25) is 0 Å². The molecule has 0 heterocycles. The van der Waals surface area contributed by atoms with E-state index in [9.17, 15) is 13.5 Å². The Hall–Kier alpha value is -1.02. The average molecular weight is 296 g/mol. The molecule has 0 radical (unpaired) electrons. The van der Waals surface area contributed by atoms with Crippen molar-refractivity contribution in [2.24, 2.45) is 0 Å². The summed E-state index contributed by atoms with van der Waals surface area (Å²) < 4.78 is 34.7. The molecule has 0 aromatic heterocycles. The smallest absolute Gasteiger partial charge is 0.267 e. The van der Waals surface area contributed by atoms with Crippen LogP contribution in [0.25, 0.3) is 0 Å². The molecular weight excluding hydrogens is 282 g/mol. The van der Waals surface area contributed by atoms with Crippen LogP contribution in [0.2, 0.25) is 5.02 Å². The minimum absolute atomic E-state index is 0.0590. The predicted molar refractivity (Wildman–Crippen MR) is 68.9 cm³/mol. The van der Waals surface area contributed by atoms with Gasteiger partial charge < -0.3 is 15.2 Å². The number of methoxy groups -OCH3 is 1. The summed E-state index contributed by atoms with van der Waals surface area (Å²) in [6.07, 6.45) is -1.23. The van der Waals surface area contributed by atoms with Crippen molar-refractivity contribution in [3.63, 3.8) is 0 Å². The van der Waals surface area contributed by atoms with Gasteiger partial charge in [0.1, 0.15) is 11.5 Å². The lowest BCUT2D eigenvalue weighted by Gasteiger charge is -2.14. The Bertz CT molecular complexity index is 505. The van der Waals surface area contributed by atoms with Gasteiger partial charge in [-0.3, -0.25) is 4.55 Å². The molecule has 0 amide bonds. The Morgan fingerprint density at radius 3 is 2.72 bits per heavy atom. The van der Waals surface area contributed by atoms with E-state index in [0.717, 1.165) is 0 Å². The van der Waals surface area contributed by atoms with Crippen molar-refractivity contribution in [2.75, 3.05) is 24.7 Å². The Balaban J connectivity index is 2.65. The van der Waals surface area contributed by atoms with Crippen molar-refractivity contribution < 1.29 is 22.8 Å². The number of halogens is 1. The fourth-order valence-electron chi connectivity index (χ4n) is 1.35. The zero-order valence-electron chi connectivity index (χ0n) is 9.63. The van der Waals surface area contributed by atoms with Gasteiger partial charge in [0.25, 0.3) is 10.1 Å². The standard InChI is InChI=1S/C10H14ClNO5S/c1-17-10-3-2-7(11)4-9(10)12-5-8(13)6-18(14,15)16/h2-4,8,12-13H,5-6H2,1H3,(H,14,15,16). The SMILES string of the molecule is COc1ccc(Cl)cc1NCC(O)CS(=O)(=O)O. The minimum atomic E-state index is -4.20. The first-order chi connectivity index (χ1) is 8.31. The van der Waals surface area contributed by atoms with Crippen molar-refractivity contribution in [3.8, 4) is 5.75 Å². The average Bonchev–Trinajstić information content (AvgIpc) is 2.24. The van der Waals surface area contributed by atoms with E-state index in [0.29, 0.717) is 16.5 Å². The van der Waals surface area contributed by atoms with Crippen LogP contribution in [-0.2, 0) is 10.1 Å². The number of ether oxygens (including phenoxy) is 1. The van der Waals surface area contributed by atoms with Crippen LogP contribution < -0.4 is 10.1 Å². The largest absolute Gasteiger partial charge is 0.495 e. The van der Waals surface area contributed by atoms with Gasteiger partial charge in [-0.2, -0.15) is 8.42 Å². The van der Waals surface area contributed by atoms with E-state index in [-0.39, 0.29) is 6.54 Å². The molecule has 1 aromatic carbocycles. The molecule has 3 N–H and O–H groups in total. The molecule has 18 heavy (non-hydrogen) atoms. The van der Waals surface area contributed by atoms with Gasteiger partial charge in [0, 0.05) is 11.6 Å². The van der Waals surface area contributed by atoms with Crippen LogP contribution in [0.3, 0.4) is 0 Å². The zero-order chi connectivity index (χ0) is 13.8. The molecule has 0 bridgehead atoms. The van der Waals surface area contributed by atoms with Crippen LogP contribution >= 0.6 is 11.6 Å². The number of benzene rings is 1. The third-order valence-electron chi connectivity index (χ3n) is 2.09. The number of aliphatic hydroxyl groups is 1. The van der Waals surface area contributed by atoms with Crippen molar-refractivity contribution in [3.05, 3.63) is 23.2 Å². The van der Waals surface area contributed by atoms with Crippen LogP contribution in [-0.4, -0.2) is 43.6 Å². The number of hydrogen-bond donors (Lipinski definition) is 3. The van der Waals surface area contributed by atoms with Gasteiger partial charge in [-0.05, 0) is 18.2 Å². The number of rotatable bonds is 6. The number of nitrogens with one attached hydrogen (secondary N) is 1. The normalized spacial score (nSPS) is 13.1. The van der Waals surface area contributed by atoms with Gasteiger partial charge in [-0.15, -0.1) is 0 Å². The molecule has 1 aromatic rings. The highest BCUT2D eigenvalue weighted by molar-refractivity contribution is 7.85. The number of anilines is 1. The summed E-state index contributed by atoms with van der Waals surface area (Å²) in [6.45, 7) is -0.0590. The Kier molecular flexibility index (Phi) is 5.21. The van der Waals surface area contributed by atoms with Crippen LogP contribution in [0.15, 0.2) is 18.2 Å². The van der Waals surface area contributed by atoms with E-state index in [4.69, 9.17) is 20.9 Å². The zero-order valence-corrected chi connectivity index (χ0v) is 11.2. The Morgan fingerprint density at radius 2 is 2.17 bits per heavy atom. The predicted octanol–water partition coefficient (Wildman–Crippen LogP) is 1.01. The third kappa shape index (κ3) is 5.09. The topological polar surface area (TPSA) is 95.9 Å². The highest BCUT2D eigenvalue weighted by Crippen LogP contribution is 2.27. The maximum atomic E-state index is 10.6. The van der Waals surface area contributed by atoms with Crippen LogP contribution in [0, 0.1) is 0 Å². The molecule has 0 saturated carbocycles. The quantitative estimate of drug-likeness (QED) is 0.678. The number of hydrogen-bond acceptors (Lipinski definition) is 5. The van der Waals surface area contributed by atoms with Crippen LogP contribution in [0.5, 0.6) is 5.75 Å². The van der Waals surface area contributed by atoms with E-state index in [1.807, 2.05) is 0 Å². The summed E-state index contributed by atoms with van der Waals surface area (Å²) in [5.74, 6) is -0.221. The molecule has 6 nitrogen and oxygen atoms in total. The van der Waals surface area contributed by atoms with E-state index in [1.54, 1.807) is 18.2 Å². The first-order valence-corrected chi connectivity index (χ1v) is 7.01. The maximum absolute atomic E-state index is 10.6. The molecule has 0 saturated heterocycles. The monoisotopic (exact) mass is 295 g/mol. The summed E-state index contributed by atoms with van der Waals surface area (Å²) >= 11 is 5.80. The highest BCUT2D eigenvalue weighted by Gasteiger charge is 2.14. The lowest BCUT2D eigenvalue weighted by molar-refractivity contribution is 0.208. The molecule has 102 valence electrons. The van der Waals surface area contributed by atoms with Crippen molar-refractivity contribution >= 4 is 27.4 Å². The first-order valence-electron chi connectivity index (χ1n) is 5.02. The number of aliphatic hydroxyl groups excluding tert-OH is 1. The Morgan fingerprint density at radius 1 is 1.50 bits per heavy atom. The van der Waals surface area contributed by atoms with Gasteiger partial charge in [-0.1, -0.05) is 11.6 Å². The second kappa shape index (κ2) is 6.24. The van der Waals surface area contributed by atoms with Crippen LogP contribution in [0.1, 0.15) is 0 Å². The van der Waals surface area contributed by atoms with Gasteiger partial charge in [0.05, 0.1) is 18.9 Å². The lowest BCUT2D eigenvalue weighted by atomic mass is 10.2. The fourth-order valence-corrected chi connectivity index (χ4v) is 2.12. The van der Waals surface area contributed by atoms with Crippen molar-refractivity contribution in [2.45, 2.75) is 6.10 Å². The second-order valence-electron chi connectivity index (χ2n) is 3.63.